The molecule has 1 fully saturated rings. The zero-order chi connectivity index (χ0) is 14.7. The second-order valence-electron chi connectivity index (χ2n) is 4.66. The minimum absolute atomic E-state index is 0.147. The molecule has 0 aliphatic carbocycles. The van der Waals surface area contributed by atoms with Crippen LogP contribution in [0.3, 0.4) is 0 Å². The molecule has 0 radical (unpaired) electrons. The third-order valence-corrected chi connectivity index (χ3v) is 3.34. The van der Waals surface area contributed by atoms with Crippen molar-refractivity contribution in [1.29, 1.82) is 0 Å². The van der Waals surface area contributed by atoms with Crippen LogP contribution in [0.5, 0.6) is 0 Å². The molecule has 3 amide bonds. The average Bonchev–Trinajstić information content (AvgIpc) is 3.20. The molecule has 2 aromatic heterocycles. The van der Waals surface area contributed by atoms with Gasteiger partial charge in [-0.05, 0) is 18.2 Å². The lowest BCUT2D eigenvalue weighted by Gasteiger charge is -2.34. The first-order valence-corrected chi connectivity index (χ1v) is 6.66. The molecule has 0 spiro atoms. The van der Waals surface area contributed by atoms with Crippen molar-refractivity contribution in [3.8, 4) is 0 Å². The fraction of sp³-hybridized carbons (Fsp3) is 0.286. The predicted octanol–water partition coefficient (Wildman–Crippen LogP) is 1.86. The van der Waals surface area contributed by atoms with E-state index in [0.29, 0.717) is 37.8 Å². The summed E-state index contributed by atoms with van der Waals surface area (Å²) in [7, 11) is 0. The topological polar surface area (TPSA) is 78.9 Å². The number of furan rings is 2. The van der Waals surface area contributed by atoms with Crippen LogP contribution in [0.4, 0.5) is 10.7 Å². The SMILES string of the molecule is O=C(Nc1ccco1)N1CCN(C(=O)c2ccco2)CC1. The zero-order valence-corrected chi connectivity index (χ0v) is 11.3. The summed E-state index contributed by atoms with van der Waals surface area (Å²) in [5, 5.41) is 2.66. The second-order valence-corrected chi connectivity index (χ2v) is 4.66. The minimum Gasteiger partial charge on any atom is -0.459 e. The summed E-state index contributed by atoms with van der Waals surface area (Å²) < 4.78 is 10.2. The number of hydrogen-bond donors (Lipinski definition) is 1. The van der Waals surface area contributed by atoms with Crippen molar-refractivity contribution in [2.45, 2.75) is 0 Å². The Kier molecular flexibility index (Phi) is 3.63. The molecule has 110 valence electrons. The van der Waals surface area contributed by atoms with Gasteiger partial charge in [-0.3, -0.25) is 10.1 Å². The molecule has 1 saturated heterocycles. The van der Waals surface area contributed by atoms with Crippen molar-refractivity contribution in [3.05, 3.63) is 42.6 Å². The van der Waals surface area contributed by atoms with Crippen LogP contribution < -0.4 is 5.32 Å². The number of carbonyl (C=O) groups is 2. The Morgan fingerprint density at radius 2 is 1.62 bits per heavy atom. The maximum atomic E-state index is 12.1. The summed E-state index contributed by atoms with van der Waals surface area (Å²) in [6, 6.07) is 6.47. The molecule has 2 aromatic rings. The van der Waals surface area contributed by atoms with Crippen LogP contribution in [0.25, 0.3) is 0 Å². The van der Waals surface area contributed by atoms with Gasteiger partial charge in [0.25, 0.3) is 5.91 Å². The van der Waals surface area contributed by atoms with E-state index in [0.717, 1.165) is 0 Å². The predicted molar refractivity (Wildman–Crippen MR) is 73.9 cm³/mol. The highest BCUT2D eigenvalue weighted by molar-refractivity contribution is 5.92. The summed E-state index contributed by atoms with van der Waals surface area (Å²) in [5.74, 6) is 0.587. The lowest BCUT2D eigenvalue weighted by molar-refractivity contribution is 0.0640. The van der Waals surface area contributed by atoms with Gasteiger partial charge in [0.2, 0.25) is 5.88 Å². The maximum absolute atomic E-state index is 12.1. The first-order valence-electron chi connectivity index (χ1n) is 6.66. The molecule has 0 bridgehead atoms. The molecule has 3 rings (SSSR count). The molecule has 7 nitrogen and oxygen atoms in total. The minimum atomic E-state index is -0.227. The fourth-order valence-corrected chi connectivity index (χ4v) is 2.20. The molecule has 1 aliphatic heterocycles. The van der Waals surface area contributed by atoms with Crippen molar-refractivity contribution in [2.24, 2.45) is 0 Å². The van der Waals surface area contributed by atoms with Crippen LogP contribution >= 0.6 is 0 Å². The van der Waals surface area contributed by atoms with Gasteiger partial charge >= 0.3 is 6.03 Å². The quantitative estimate of drug-likeness (QED) is 0.915. The number of nitrogens with one attached hydrogen (secondary N) is 1. The van der Waals surface area contributed by atoms with Gasteiger partial charge < -0.3 is 18.6 Å². The van der Waals surface area contributed by atoms with Crippen LogP contribution in [0.2, 0.25) is 0 Å². The van der Waals surface area contributed by atoms with Crippen molar-refractivity contribution >= 4 is 17.8 Å². The smallest absolute Gasteiger partial charge is 0.324 e. The normalized spacial score (nSPS) is 15.0. The molecule has 7 heteroatoms. The number of amides is 3. The highest BCUT2D eigenvalue weighted by Gasteiger charge is 2.26. The average molecular weight is 289 g/mol. The molecule has 1 aliphatic rings. The van der Waals surface area contributed by atoms with Crippen LogP contribution in [0.1, 0.15) is 10.6 Å². The van der Waals surface area contributed by atoms with Gasteiger partial charge in [0.15, 0.2) is 5.76 Å². The van der Waals surface area contributed by atoms with E-state index in [1.54, 1.807) is 34.1 Å². The van der Waals surface area contributed by atoms with Gasteiger partial charge in [0.1, 0.15) is 0 Å². The van der Waals surface area contributed by atoms with Gasteiger partial charge in [-0.2, -0.15) is 0 Å². The molecule has 0 atom stereocenters. The van der Waals surface area contributed by atoms with Crippen molar-refractivity contribution in [3.63, 3.8) is 0 Å². The van der Waals surface area contributed by atoms with Gasteiger partial charge in [0.05, 0.1) is 12.5 Å². The summed E-state index contributed by atoms with van der Waals surface area (Å²) in [4.78, 5) is 27.4. The summed E-state index contributed by atoms with van der Waals surface area (Å²) in [6.07, 6.45) is 2.97. The van der Waals surface area contributed by atoms with E-state index >= 15 is 0 Å². The third kappa shape index (κ3) is 2.91. The van der Waals surface area contributed by atoms with Crippen molar-refractivity contribution in [2.75, 3.05) is 31.5 Å². The number of urea groups is 1. The number of rotatable bonds is 2. The Bertz CT molecular complexity index is 598. The first kappa shape index (κ1) is 13.3. The van der Waals surface area contributed by atoms with E-state index in [1.807, 2.05) is 0 Å². The maximum Gasteiger partial charge on any atom is 0.324 e. The lowest BCUT2D eigenvalue weighted by Crippen LogP contribution is -2.51. The van der Waals surface area contributed by atoms with Crippen LogP contribution in [0, 0.1) is 0 Å². The third-order valence-electron chi connectivity index (χ3n) is 3.34. The van der Waals surface area contributed by atoms with E-state index in [2.05, 4.69) is 5.32 Å². The second kappa shape index (κ2) is 5.74. The Morgan fingerprint density at radius 1 is 0.952 bits per heavy atom. The highest BCUT2D eigenvalue weighted by Crippen LogP contribution is 2.12. The Morgan fingerprint density at radius 3 is 2.24 bits per heavy atom. The molecule has 1 N–H and O–H groups in total. The van der Waals surface area contributed by atoms with E-state index < -0.39 is 0 Å². The van der Waals surface area contributed by atoms with E-state index in [4.69, 9.17) is 8.83 Å². The van der Waals surface area contributed by atoms with E-state index in [9.17, 15) is 9.59 Å². The number of anilines is 1. The van der Waals surface area contributed by atoms with Crippen LogP contribution in [-0.4, -0.2) is 47.9 Å². The highest BCUT2D eigenvalue weighted by atomic mass is 16.3. The molecular formula is C14H15N3O4. The summed E-state index contributed by atoms with van der Waals surface area (Å²) >= 11 is 0. The van der Waals surface area contributed by atoms with E-state index in [1.165, 1.54) is 12.5 Å². The number of piperazine rings is 1. The number of hydrogen-bond acceptors (Lipinski definition) is 4. The fourth-order valence-electron chi connectivity index (χ4n) is 2.20. The van der Waals surface area contributed by atoms with Crippen molar-refractivity contribution < 1.29 is 18.4 Å². The monoisotopic (exact) mass is 289 g/mol. The summed E-state index contributed by atoms with van der Waals surface area (Å²) in [5.41, 5.74) is 0. The van der Waals surface area contributed by atoms with Crippen LogP contribution in [0.15, 0.2) is 45.6 Å². The van der Waals surface area contributed by atoms with Gasteiger partial charge in [-0.25, -0.2) is 4.79 Å². The van der Waals surface area contributed by atoms with Crippen LogP contribution in [-0.2, 0) is 0 Å². The zero-order valence-electron chi connectivity index (χ0n) is 11.3. The molecule has 0 saturated carbocycles. The van der Waals surface area contributed by atoms with Gasteiger partial charge in [-0.15, -0.1) is 0 Å². The standard InChI is InChI=1S/C14H15N3O4/c18-13(11-3-1-9-20-11)16-5-7-17(8-6-16)14(19)15-12-4-2-10-21-12/h1-4,9-10H,5-8H2,(H,15,19). The largest absolute Gasteiger partial charge is 0.459 e. The number of carbonyl (C=O) groups excluding carboxylic acids is 2. The first-order chi connectivity index (χ1) is 10.2. The summed E-state index contributed by atoms with van der Waals surface area (Å²) in [6.45, 7) is 1.90. The van der Waals surface area contributed by atoms with Gasteiger partial charge in [0, 0.05) is 32.2 Å². The Labute approximate surface area is 121 Å². The molecular weight excluding hydrogens is 274 g/mol. The van der Waals surface area contributed by atoms with Gasteiger partial charge in [-0.1, -0.05) is 0 Å². The van der Waals surface area contributed by atoms with Crippen molar-refractivity contribution in [1.82, 2.24) is 9.80 Å². The van der Waals surface area contributed by atoms with E-state index in [-0.39, 0.29) is 11.9 Å². The molecule has 21 heavy (non-hydrogen) atoms. The number of nitrogens with zero attached hydrogens (tertiary/aromatic N) is 2. The molecule has 0 unspecified atom stereocenters. The molecule has 0 aromatic carbocycles. The Hall–Kier alpha value is -2.70. The lowest BCUT2D eigenvalue weighted by atomic mass is 10.3. The Balaban J connectivity index is 1.53. The molecule has 3 heterocycles.